The molecule has 0 heterocycles. The summed E-state index contributed by atoms with van der Waals surface area (Å²) in [5.74, 6) is 7.01. The standard InChI is InChI=1S/C18H32Si3/c1-9-13-21(14-10-2,17-11-15-19(3,4)5)18-12-16-20(6,7)8/h9-10H,1-2,13-14,17-18H2,3-8H3. The summed E-state index contributed by atoms with van der Waals surface area (Å²) in [6.45, 7) is 21.7. The smallest absolute Gasteiger partial charge is 0.129 e. The van der Waals surface area contributed by atoms with Crippen LogP contribution < -0.4 is 0 Å². The van der Waals surface area contributed by atoms with Gasteiger partial charge in [-0.2, -0.15) is 0 Å². The van der Waals surface area contributed by atoms with Crippen LogP contribution >= 0.6 is 0 Å². The summed E-state index contributed by atoms with van der Waals surface area (Å²) in [5.41, 5.74) is 7.03. The van der Waals surface area contributed by atoms with Crippen molar-refractivity contribution < 1.29 is 0 Å². The first-order valence-electron chi connectivity index (χ1n) is 7.75. The molecule has 0 saturated heterocycles. The number of allylic oxidation sites excluding steroid dienone is 2. The van der Waals surface area contributed by atoms with Crippen LogP contribution in [-0.4, -0.2) is 24.2 Å². The molecule has 0 aliphatic rings. The first-order valence-corrected chi connectivity index (χ1v) is 17.6. The van der Waals surface area contributed by atoms with E-state index in [2.05, 4.69) is 87.5 Å². The highest BCUT2D eigenvalue weighted by Crippen LogP contribution is 2.26. The quantitative estimate of drug-likeness (QED) is 0.339. The van der Waals surface area contributed by atoms with E-state index in [0.29, 0.717) is 0 Å². The molecule has 21 heavy (non-hydrogen) atoms. The van der Waals surface area contributed by atoms with E-state index in [1.165, 1.54) is 0 Å². The van der Waals surface area contributed by atoms with Gasteiger partial charge in [0.1, 0.15) is 16.1 Å². The zero-order valence-corrected chi connectivity index (χ0v) is 17.9. The summed E-state index contributed by atoms with van der Waals surface area (Å²) in [6, 6.07) is 4.27. The molecule has 0 aromatic rings. The number of hydrogen-bond acceptors (Lipinski definition) is 0. The van der Waals surface area contributed by atoms with Crippen molar-refractivity contribution in [3.05, 3.63) is 25.3 Å². The SMILES string of the molecule is C=CC[Si](CC#C[Si](C)(C)C)(CC#C[Si](C)(C)C)CC=C. The van der Waals surface area contributed by atoms with Gasteiger partial charge in [0.15, 0.2) is 0 Å². The Morgan fingerprint density at radius 2 is 1.05 bits per heavy atom. The molecule has 0 aromatic carbocycles. The summed E-state index contributed by atoms with van der Waals surface area (Å²) in [4.78, 5) is 0. The van der Waals surface area contributed by atoms with Crippen LogP contribution in [0, 0.1) is 22.9 Å². The molecule has 0 N–H and O–H groups in total. The van der Waals surface area contributed by atoms with Gasteiger partial charge in [-0.1, -0.05) is 51.4 Å². The molecule has 0 amide bonds. The van der Waals surface area contributed by atoms with Crippen LogP contribution in [0.3, 0.4) is 0 Å². The molecule has 0 fully saturated rings. The van der Waals surface area contributed by atoms with Gasteiger partial charge < -0.3 is 0 Å². The molecule has 0 nitrogen and oxygen atoms in total. The average molecular weight is 333 g/mol. The van der Waals surface area contributed by atoms with Gasteiger partial charge in [0.2, 0.25) is 0 Å². The molecule has 0 aliphatic carbocycles. The molecule has 3 heteroatoms. The summed E-state index contributed by atoms with van der Waals surface area (Å²) < 4.78 is 0. The highest BCUT2D eigenvalue weighted by Gasteiger charge is 2.28. The van der Waals surface area contributed by atoms with E-state index in [1.54, 1.807) is 0 Å². The van der Waals surface area contributed by atoms with Crippen LogP contribution in [0.2, 0.25) is 63.5 Å². The molecule has 0 atom stereocenters. The summed E-state index contributed by atoms with van der Waals surface area (Å²) >= 11 is 0. The molecule has 0 bridgehead atoms. The largest absolute Gasteiger partial charge is 0.132 e. The van der Waals surface area contributed by atoms with E-state index < -0.39 is 24.2 Å². The van der Waals surface area contributed by atoms with E-state index in [-0.39, 0.29) is 0 Å². The molecule has 116 valence electrons. The topological polar surface area (TPSA) is 0 Å². The predicted molar refractivity (Wildman–Crippen MR) is 108 cm³/mol. The molecular weight excluding hydrogens is 300 g/mol. The van der Waals surface area contributed by atoms with Gasteiger partial charge >= 0.3 is 0 Å². The third kappa shape index (κ3) is 10.6. The second-order valence-corrected chi connectivity index (χ2v) is 22.0. The van der Waals surface area contributed by atoms with Gasteiger partial charge in [-0.25, -0.2) is 0 Å². The van der Waals surface area contributed by atoms with Crippen molar-refractivity contribution in [1.82, 2.24) is 0 Å². The van der Waals surface area contributed by atoms with E-state index in [4.69, 9.17) is 0 Å². The second-order valence-electron chi connectivity index (χ2n) is 7.94. The lowest BCUT2D eigenvalue weighted by molar-refractivity contribution is 1.33. The van der Waals surface area contributed by atoms with Crippen LogP contribution in [-0.2, 0) is 0 Å². The molecule has 0 saturated carbocycles. The molecule has 0 spiro atoms. The zero-order chi connectivity index (χ0) is 16.6. The Hall–Kier alpha value is -0.749. The van der Waals surface area contributed by atoms with Crippen molar-refractivity contribution in [2.75, 3.05) is 0 Å². The van der Waals surface area contributed by atoms with Crippen LogP contribution in [0.25, 0.3) is 0 Å². The van der Waals surface area contributed by atoms with Crippen molar-refractivity contribution in [3.63, 3.8) is 0 Å². The van der Waals surface area contributed by atoms with Gasteiger partial charge in [-0.15, -0.1) is 36.1 Å². The molecule has 0 aliphatic heterocycles. The van der Waals surface area contributed by atoms with Crippen molar-refractivity contribution in [2.24, 2.45) is 0 Å². The Kier molecular flexibility index (Phi) is 8.33. The van der Waals surface area contributed by atoms with Crippen molar-refractivity contribution in [1.29, 1.82) is 0 Å². The first-order chi connectivity index (χ1) is 9.54. The van der Waals surface area contributed by atoms with Gasteiger partial charge in [-0.05, 0) is 12.1 Å². The fourth-order valence-corrected chi connectivity index (χ4v) is 6.65. The Balaban J connectivity index is 5.21. The maximum atomic E-state index is 3.96. The zero-order valence-electron chi connectivity index (χ0n) is 14.9. The van der Waals surface area contributed by atoms with Gasteiger partial charge in [-0.3, -0.25) is 0 Å². The minimum absolute atomic E-state index is 1.04. The van der Waals surface area contributed by atoms with Crippen LogP contribution in [0.15, 0.2) is 25.3 Å². The third-order valence-corrected chi connectivity index (χ3v) is 9.02. The Morgan fingerprint density at radius 3 is 1.29 bits per heavy atom. The maximum absolute atomic E-state index is 3.96. The maximum Gasteiger partial charge on any atom is 0.129 e. The number of rotatable bonds is 6. The molecule has 0 aromatic heterocycles. The third-order valence-electron chi connectivity index (χ3n) is 3.01. The Labute approximate surface area is 136 Å². The lowest BCUT2D eigenvalue weighted by Crippen LogP contribution is -2.32. The van der Waals surface area contributed by atoms with E-state index in [9.17, 15) is 0 Å². The first kappa shape index (κ1) is 20.3. The molecule has 0 unspecified atom stereocenters. The van der Waals surface area contributed by atoms with E-state index >= 15 is 0 Å². The lowest BCUT2D eigenvalue weighted by atomic mass is 10.7. The van der Waals surface area contributed by atoms with Gasteiger partial charge in [0, 0.05) is 12.1 Å². The van der Waals surface area contributed by atoms with Crippen molar-refractivity contribution >= 4 is 24.2 Å². The van der Waals surface area contributed by atoms with E-state index in [0.717, 1.165) is 24.2 Å². The highest BCUT2D eigenvalue weighted by molar-refractivity contribution is 6.85. The molecular formula is C18H32Si3. The highest BCUT2D eigenvalue weighted by atomic mass is 28.3. The minimum Gasteiger partial charge on any atom is -0.132 e. The van der Waals surface area contributed by atoms with Crippen molar-refractivity contribution in [2.45, 2.75) is 63.5 Å². The van der Waals surface area contributed by atoms with Crippen LogP contribution in [0.5, 0.6) is 0 Å². The van der Waals surface area contributed by atoms with Gasteiger partial charge in [0.05, 0.1) is 8.07 Å². The molecule has 0 radical (unpaired) electrons. The Morgan fingerprint density at radius 1 is 0.714 bits per heavy atom. The summed E-state index contributed by atoms with van der Waals surface area (Å²) in [6.07, 6.45) is 4.14. The number of hydrogen-bond donors (Lipinski definition) is 0. The lowest BCUT2D eigenvalue weighted by Gasteiger charge is -2.25. The van der Waals surface area contributed by atoms with Crippen LogP contribution in [0.1, 0.15) is 0 Å². The summed E-state index contributed by atoms with van der Waals surface area (Å²) in [5, 5.41) is 0. The monoisotopic (exact) mass is 332 g/mol. The van der Waals surface area contributed by atoms with Gasteiger partial charge in [0.25, 0.3) is 0 Å². The van der Waals surface area contributed by atoms with Crippen molar-refractivity contribution in [3.8, 4) is 22.9 Å². The summed E-state index contributed by atoms with van der Waals surface area (Å²) in [7, 11) is -4.10. The molecule has 0 rings (SSSR count). The normalized spacial score (nSPS) is 11.7. The van der Waals surface area contributed by atoms with Crippen LogP contribution in [0.4, 0.5) is 0 Å². The Bertz CT molecular complexity index is 421. The fraction of sp³-hybridized carbons (Fsp3) is 0.556. The average Bonchev–Trinajstić information content (AvgIpc) is 2.26. The predicted octanol–water partition coefficient (Wildman–Crippen LogP) is 5.57. The minimum atomic E-state index is -1.53. The second kappa shape index (κ2) is 8.63. The fourth-order valence-electron chi connectivity index (χ4n) is 2.04. The van der Waals surface area contributed by atoms with E-state index in [1.807, 2.05) is 0 Å².